The van der Waals surface area contributed by atoms with E-state index in [1.807, 2.05) is 12.1 Å². The lowest BCUT2D eigenvalue weighted by Gasteiger charge is -1.89. The summed E-state index contributed by atoms with van der Waals surface area (Å²) in [5.74, 6) is 0. The third kappa shape index (κ3) is 3.30. The van der Waals surface area contributed by atoms with Crippen LogP contribution in [0.1, 0.15) is 0 Å². The van der Waals surface area contributed by atoms with Crippen molar-refractivity contribution in [1.29, 1.82) is 0 Å². The largest absolute Gasteiger partial charge is 0.244 e. The summed E-state index contributed by atoms with van der Waals surface area (Å²) in [5.41, 5.74) is 0.748. The van der Waals surface area contributed by atoms with Crippen molar-refractivity contribution in [3.8, 4) is 0 Å². The zero-order chi connectivity index (χ0) is 6.81. The maximum Gasteiger partial charge on any atom is 0.162 e. The number of fused-ring (bicyclic) bond motifs is 1. The molecule has 2 aromatic heterocycles. The van der Waals surface area contributed by atoms with E-state index in [1.165, 1.54) is 6.33 Å². The second-order valence-electron chi connectivity index (χ2n) is 1.94. The number of hydrogen-bond donors (Lipinski definition) is 0. The Balaban J connectivity index is 0. The van der Waals surface area contributed by atoms with Crippen LogP contribution in [-0.2, 0) is 0 Å². The van der Waals surface area contributed by atoms with Gasteiger partial charge in [0.25, 0.3) is 0 Å². The maximum atomic E-state index is 4.03. The molecule has 0 unspecified atom stereocenters. The second kappa shape index (κ2) is 6.83. The molecule has 0 aliphatic carbocycles. The van der Waals surface area contributed by atoms with Gasteiger partial charge in [0.1, 0.15) is 6.33 Å². The lowest BCUT2D eigenvalue weighted by molar-refractivity contribution is 1.18. The molecule has 2 aromatic rings. The molecular weight excluding hydrogens is 232 g/mol. The van der Waals surface area contributed by atoms with E-state index in [-0.39, 0.29) is 37.2 Å². The molecule has 0 aromatic carbocycles. The van der Waals surface area contributed by atoms with Gasteiger partial charge in [0.2, 0.25) is 0 Å². The Morgan fingerprint density at radius 3 is 2.46 bits per heavy atom. The Morgan fingerprint density at radius 2 is 1.77 bits per heavy atom. The van der Waals surface area contributed by atoms with Crippen LogP contribution in [0.2, 0.25) is 0 Å². The average molecular weight is 241 g/mol. The molecule has 0 saturated heterocycles. The quantitative estimate of drug-likeness (QED) is 0.709. The molecule has 0 fully saturated rings. The molecule has 0 amide bonds. The minimum Gasteiger partial charge on any atom is -0.244 e. The standard InChI is InChI=1S/C7H5N3.3ClH/c1-2-6-4-8-5-10-7(6)9-3-1;;;/h1-5H;3*1H. The van der Waals surface area contributed by atoms with Gasteiger partial charge in [0.15, 0.2) is 5.65 Å². The highest BCUT2D eigenvalue weighted by molar-refractivity contribution is 5.86. The first-order chi connectivity index (χ1) is 4.97. The molecule has 0 aliphatic heterocycles. The van der Waals surface area contributed by atoms with Crippen molar-refractivity contribution in [2.45, 2.75) is 0 Å². The molecule has 3 nitrogen and oxygen atoms in total. The molecule has 72 valence electrons. The Morgan fingerprint density at radius 1 is 1.00 bits per heavy atom. The van der Waals surface area contributed by atoms with Crippen LogP contribution >= 0.6 is 37.2 Å². The van der Waals surface area contributed by atoms with E-state index in [0.717, 1.165) is 11.0 Å². The van der Waals surface area contributed by atoms with Crippen LogP contribution in [0, 0.1) is 0 Å². The highest BCUT2D eigenvalue weighted by atomic mass is 35.5. The van der Waals surface area contributed by atoms with Gasteiger partial charge in [0, 0.05) is 17.8 Å². The van der Waals surface area contributed by atoms with Crippen molar-refractivity contribution in [2.75, 3.05) is 0 Å². The van der Waals surface area contributed by atoms with Crippen LogP contribution in [-0.4, -0.2) is 15.0 Å². The summed E-state index contributed by atoms with van der Waals surface area (Å²) in [7, 11) is 0. The zero-order valence-electron chi connectivity index (χ0n) is 6.45. The lowest BCUT2D eigenvalue weighted by atomic mass is 10.3. The molecule has 0 atom stereocenters. The minimum absolute atomic E-state index is 0. The van der Waals surface area contributed by atoms with E-state index in [4.69, 9.17) is 0 Å². The highest BCUT2D eigenvalue weighted by Gasteiger charge is 1.89. The first kappa shape index (κ1) is 14.9. The Kier molecular flexibility index (Phi) is 7.81. The molecule has 0 radical (unpaired) electrons. The second-order valence-corrected chi connectivity index (χ2v) is 1.94. The van der Waals surface area contributed by atoms with Crippen molar-refractivity contribution >= 4 is 48.3 Å². The molecule has 2 heterocycles. The van der Waals surface area contributed by atoms with E-state index in [2.05, 4.69) is 15.0 Å². The fourth-order valence-electron chi connectivity index (χ4n) is 0.820. The predicted octanol–water partition coefficient (Wildman–Crippen LogP) is 2.29. The SMILES string of the molecule is Cl.Cl.Cl.c1cnc2ncncc2c1. The number of halogens is 3. The van der Waals surface area contributed by atoms with Crippen LogP contribution < -0.4 is 0 Å². The molecule has 13 heavy (non-hydrogen) atoms. The number of hydrogen-bond acceptors (Lipinski definition) is 3. The molecule has 0 N–H and O–H groups in total. The summed E-state index contributed by atoms with van der Waals surface area (Å²) in [6.07, 6.45) is 4.96. The van der Waals surface area contributed by atoms with Gasteiger partial charge >= 0.3 is 0 Å². The van der Waals surface area contributed by atoms with Crippen molar-refractivity contribution in [3.05, 3.63) is 30.9 Å². The molecular formula is C7H8Cl3N3. The van der Waals surface area contributed by atoms with E-state index >= 15 is 0 Å². The van der Waals surface area contributed by atoms with Crippen LogP contribution in [0.5, 0.6) is 0 Å². The molecule has 0 aliphatic rings. The van der Waals surface area contributed by atoms with Crippen molar-refractivity contribution in [1.82, 2.24) is 15.0 Å². The van der Waals surface area contributed by atoms with Crippen LogP contribution in [0.4, 0.5) is 0 Å². The van der Waals surface area contributed by atoms with Gasteiger partial charge in [-0.2, -0.15) is 0 Å². The average Bonchev–Trinajstić information content (AvgIpc) is 2.05. The van der Waals surface area contributed by atoms with E-state index in [1.54, 1.807) is 12.4 Å². The van der Waals surface area contributed by atoms with Crippen molar-refractivity contribution in [2.24, 2.45) is 0 Å². The third-order valence-electron chi connectivity index (χ3n) is 1.28. The minimum atomic E-state index is 0. The summed E-state index contributed by atoms with van der Waals surface area (Å²) in [6, 6.07) is 3.80. The van der Waals surface area contributed by atoms with Gasteiger partial charge in [-0.05, 0) is 12.1 Å². The Hall–Kier alpha value is -0.640. The lowest BCUT2D eigenvalue weighted by Crippen LogP contribution is -1.82. The van der Waals surface area contributed by atoms with Gasteiger partial charge < -0.3 is 0 Å². The van der Waals surface area contributed by atoms with Gasteiger partial charge in [-0.25, -0.2) is 15.0 Å². The molecule has 0 saturated carbocycles. The first-order valence-corrected chi connectivity index (χ1v) is 2.97. The fourth-order valence-corrected chi connectivity index (χ4v) is 0.820. The molecule has 2 rings (SSSR count). The van der Waals surface area contributed by atoms with Crippen LogP contribution in [0.15, 0.2) is 30.9 Å². The number of pyridine rings is 1. The van der Waals surface area contributed by atoms with E-state index in [9.17, 15) is 0 Å². The van der Waals surface area contributed by atoms with Crippen LogP contribution in [0.3, 0.4) is 0 Å². The van der Waals surface area contributed by atoms with Gasteiger partial charge in [-0.3, -0.25) is 0 Å². The Labute approximate surface area is 94.2 Å². The first-order valence-electron chi connectivity index (χ1n) is 2.97. The highest BCUT2D eigenvalue weighted by Crippen LogP contribution is 2.02. The van der Waals surface area contributed by atoms with Gasteiger partial charge in [0.05, 0.1) is 0 Å². The van der Waals surface area contributed by atoms with E-state index < -0.39 is 0 Å². The fraction of sp³-hybridized carbons (Fsp3) is 0. The molecule has 0 spiro atoms. The number of rotatable bonds is 0. The van der Waals surface area contributed by atoms with Crippen molar-refractivity contribution < 1.29 is 0 Å². The summed E-state index contributed by atoms with van der Waals surface area (Å²) in [5, 5.41) is 0.977. The van der Waals surface area contributed by atoms with E-state index in [0.29, 0.717) is 0 Å². The predicted molar refractivity (Wildman–Crippen MR) is 59.1 cm³/mol. The zero-order valence-corrected chi connectivity index (χ0v) is 8.90. The summed E-state index contributed by atoms with van der Waals surface area (Å²) >= 11 is 0. The Bertz CT molecular complexity index is 290. The van der Waals surface area contributed by atoms with Gasteiger partial charge in [-0.1, -0.05) is 0 Å². The number of aromatic nitrogens is 3. The number of nitrogens with zero attached hydrogens (tertiary/aromatic N) is 3. The summed E-state index contributed by atoms with van der Waals surface area (Å²) < 4.78 is 0. The smallest absolute Gasteiger partial charge is 0.162 e. The van der Waals surface area contributed by atoms with Crippen molar-refractivity contribution in [3.63, 3.8) is 0 Å². The third-order valence-corrected chi connectivity index (χ3v) is 1.28. The monoisotopic (exact) mass is 239 g/mol. The summed E-state index contributed by atoms with van der Waals surface area (Å²) in [6.45, 7) is 0. The van der Waals surface area contributed by atoms with Crippen LogP contribution in [0.25, 0.3) is 11.0 Å². The molecule has 6 heteroatoms. The normalized spacial score (nSPS) is 7.69. The summed E-state index contributed by atoms with van der Waals surface area (Å²) in [4.78, 5) is 11.9. The molecule has 0 bridgehead atoms. The van der Waals surface area contributed by atoms with Gasteiger partial charge in [-0.15, -0.1) is 37.2 Å². The topological polar surface area (TPSA) is 38.7 Å². The maximum absolute atomic E-state index is 4.03.